The van der Waals surface area contributed by atoms with E-state index in [0.29, 0.717) is 12.8 Å². The molecule has 0 heterocycles. The van der Waals surface area contributed by atoms with Crippen molar-refractivity contribution in [1.82, 2.24) is 9.80 Å². The molecule has 0 radical (unpaired) electrons. The molecule has 240 valence electrons. The number of nitrogens with zero attached hydrogens (tertiary/aromatic N) is 2. The van der Waals surface area contributed by atoms with Crippen molar-refractivity contribution >= 4 is 11.9 Å². The highest BCUT2D eigenvalue weighted by atomic mass is 16.6. The summed E-state index contributed by atoms with van der Waals surface area (Å²) in [5.74, 6) is -0.725. The number of ether oxygens (including phenoxy) is 2. The number of esters is 2. The normalized spacial score (nSPS) is 27.3. The second kappa shape index (κ2) is 14.2. The van der Waals surface area contributed by atoms with E-state index in [4.69, 9.17) is 9.47 Å². The van der Waals surface area contributed by atoms with Crippen molar-refractivity contribution < 1.29 is 29.3 Å². The molecule has 0 spiro atoms. The zero-order valence-electron chi connectivity index (χ0n) is 27.2. The maximum Gasteiger partial charge on any atom is 0.331 e. The highest BCUT2D eigenvalue weighted by Gasteiger charge is 2.46. The molecule has 8 nitrogen and oxygen atoms in total. The molecule has 6 atom stereocenters. The van der Waals surface area contributed by atoms with E-state index < -0.39 is 23.1 Å². The molecule has 44 heavy (non-hydrogen) atoms. The van der Waals surface area contributed by atoms with Gasteiger partial charge in [-0.1, -0.05) is 37.1 Å². The molecule has 2 fully saturated rings. The molecule has 0 aliphatic heterocycles. The fourth-order valence-corrected chi connectivity index (χ4v) is 7.76. The minimum Gasteiger partial charge on any atom is -0.508 e. The van der Waals surface area contributed by atoms with Crippen LogP contribution in [0.1, 0.15) is 88.4 Å². The van der Waals surface area contributed by atoms with Crippen LogP contribution >= 0.6 is 0 Å². The minimum atomic E-state index is -0.745. The largest absolute Gasteiger partial charge is 0.508 e. The first-order valence-electron chi connectivity index (χ1n) is 15.9. The van der Waals surface area contributed by atoms with Crippen molar-refractivity contribution in [2.24, 2.45) is 11.8 Å². The number of hydrogen-bond donors (Lipinski definition) is 2. The average molecular weight is 607 g/mol. The molecule has 6 unspecified atom stereocenters. The summed E-state index contributed by atoms with van der Waals surface area (Å²) in [6.45, 7) is 3.97. The van der Waals surface area contributed by atoms with Crippen LogP contribution < -0.4 is 0 Å². The van der Waals surface area contributed by atoms with Gasteiger partial charge in [-0.15, -0.1) is 0 Å². The Labute approximate surface area is 262 Å². The van der Waals surface area contributed by atoms with Crippen LogP contribution in [0.3, 0.4) is 0 Å². The number of benzene rings is 2. The van der Waals surface area contributed by atoms with Crippen LogP contribution in [0.5, 0.6) is 11.5 Å². The Balaban J connectivity index is 1.48. The van der Waals surface area contributed by atoms with Gasteiger partial charge < -0.3 is 29.5 Å². The Morgan fingerprint density at radius 3 is 1.45 bits per heavy atom. The summed E-state index contributed by atoms with van der Waals surface area (Å²) in [5, 5.41) is 20.3. The van der Waals surface area contributed by atoms with Gasteiger partial charge in [0.25, 0.3) is 0 Å². The summed E-state index contributed by atoms with van der Waals surface area (Å²) in [6, 6.07) is 14.4. The molecule has 4 rings (SSSR count). The van der Waals surface area contributed by atoms with E-state index in [1.165, 1.54) is 12.2 Å². The third-order valence-electron chi connectivity index (χ3n) is 9.77. The van der Waals surface area contributed by atoms with Crippen molar-refractivity contribution in [3.63, 3.8) is 0 Å². The van der Waals surface area contributed by atoms with Crippen molar-refractivity contribution in [3.8, 4) is 11.5 Å². The molecular formula is C36H50N2O6. The van der Waals surface area contributed by atoms with Gasteiger partial charge in [0, 0.05) is 36.1 Å². The van der Waals surface area contributed by atoms with E-state index in [1.807, 2.05) is 66.3 Å². The van der Waals surface area contributed by atoms with Gasteiger partial charge in [-0.25, -0.2) is 9.59 Å². The van der Waals surface area contributed by atoms with E-state index >= 15 is 0 Å². The summed E-state index contributed by atoms with van der Waals surface area (Å²) >= 11 is 0. The molecule has 2 N–H and O–H groups in total. The minimum absolute atomic E-state index is 0.000324. The molecule has 2 aromatic rings. The summed E-state index contributed by atoms with van der Waals surface area (Å²) in [5.41, 5.74) is 0.454. The molecular weight excluding hydrogens is 556 g/mol. The maximum atomic E-state index is 13.2. The smallest absolute Gasteiger partial charge is 0.331 e. The lowest BCUT2D eigenvalue weighted by Crippen LogP contribution is -2.48. The highest BCUT2D eigenvalue weighted by Crippen LogP contribution is 2.47. The predicted molar refractivity (Wildman–Crippen MR) is 171 cm³/mol. The van der Waals surface area contributed by atoms with Gasteiger partial charge in [0.1, 0.15) is 22.7 Å². The van der Waals surface area contributed by atoms with Crippen molar-refractivity contribution in [2.45, 2.75) is 88.5 Å². The Morgan fingerprint density at radius 2 is 1.11 bits per heavy atom. The van der Waals surface area contributed by atoms with Crippen LogP contribution in [-0.4, -0.2) is 71.3 Å². The topological polar surface area (TPSA) is 99.5 Å². The van der Waals surface area contributed by atoms with Gasteiger partial charge in [-0.05, 0) is 116 Å². The zero-order valence-corrected chi connectivity index (χ0v) is 27.2. The number of carbonyl (C=O) groups excluding carboxylic acids is 2. The summed E-state index contributed by atoms with van der Waals surface area (Å²) in [4.78, 5) is 30.6. The fourth-order valence-electron chi connectivity index (χ4n) is 7.76. The lowest BCUT2D eigenvalue weighted by Gasteiger charge is -2.46. The first-order valence-corrected chi connectivity index (χ1v) is 15.9. The fraction of sp³-hybridized carbons (Fsp3) is 0.556. The van der Waals surface area contributed by atoms with E-state index in [2.05, 4.69) is 9.80 Å². The van der Waals surface area contributed by atoms with Gasteiger partial charge in [-0.2, -0.15) is 0 Å². The lowest BCUT2D eigenvalue weighted by atomic mass is 9.70. The molecule has 0 amide bonds. The molecule has 0 aromatic heterocycles. The van der Waals surface area contributed by atoms with Gasteiger partial charge in [0.15, 0.2) is 0 Å². The second-order valence-corrected chi connectivity index (χ2v) is 13.5. The Kier molecular flexibility index (Phi) is 10.8. The SMILES string of the molecule is CN(C)C(c1cccc(O)c1)C1CCCCC1(C)OC(=O)/C=C/C(=O)OC1(C)CCCCC1C(c1cccc(O)c1)N(C)C. The quantitative estimate of drug-likeness (QED) is 0.232. The predicted octanol–water partition coefficient (Wildman–Crippen LogP) is 6.54. The number of hydrogen-bond acceptors (Lipinski definition) is 8. The first-order chi connectivity index (χ1) is 20.8. The third-order valence-corrected chi connectivity index (χ3v) is 9.77. The van der Waals surface area contributed by atoms with Gasteiger partial charge in [-0.3, -0.25) is 0 Å². The number of carbonyl (C=O) groups is 2. The van der Waals surface area contributed by atoms with Gasteiger partial charge >= 0.3 is 11.9 Å². The van der Waals surface area contributed by atoms with Crippen LogP contribution in [0.15, 0.2) is 60.7 Å². The van der Waals surface area contributed by atoms with Crippen LogP contribution in [0, 0.1) is 11.8 Å². The zero-order chi connectivity index (χ0) is 32.1. The maximum absolute atomic E-state index is 13.2. The number of phenolic OH excluding ortho intramolecular Hbond substituents is 2. The average Bonchev–Trinajstić information content (AvgIpc) is 2.94. The van der Waals surface area contributed by atoms with Crippen LogP contribution in [0.25, 0.3) is 0 Å². The Bertz CT molecular complexity index is 1230. The molecule has 2 aliphatic rings. The van der Waals surface area contributed by atoms with E-state index in [9.17, 15) is 19.8 Å². The molecule has 0 saturated heterocycles. The molecule has 8 heteroatoms. The molecule has 2 aromatic carbocycles. The number of aromatic hydroxyl groups is 2. The van der Waals surface area contributed by atoms with Crippen molar-refractivity contribution in [2.75, 3.05) is 28.2 Å². The molecule has 0 bridgehead atoms. The third kappa shape index (κ3) is 7.83. The van der Waals surface area contributed by atoms with Gasteiger partial charge in [0.05, 0.1) is 0 Å². The lowest BCUT2D eigenvalue weighted by molar-refractivity contribution is -0.168. The van der Waals surface area contributed by atoms with E-state index in [-0.39, 0.29) is 35.4 Å². The molecule has 2 aliphatic carbocycles. The Hall–Kier alpha value is -3.36. The first kappa shape index (κ1) is 33.5. The highest BCUT2D eigenvalue weighted by molar-refractivity contribution is 5.92. The summed E-state index contributed by atoms with van der Waals surface area (Å²) in [7, 11) is 8.01. The standard InChI is InChI=1S/C36H50N2O6/c1-35(21-9-7-17-29(35)33(37(3)4)25-13-11-15-27(39)23-25)43-31(41)19-20-32(42)44-36(2)22-10-8-18-30(36)34(38(5)6)26-14-12-16-28(40)24-26/h11-16,19-20,23-24,29-30,33-34,39-40H,7-10,17-18,21-22H2,1-6H3/b20-19+. The van der Waals surface area contributed by atoms with Gasteiger partial charge in [0.2, 0.25) is 0 Å². The van der Waals surface area contributed by atoms with E-state index in [1.54, 1.807) is 24.3 Å². The second-order valence-electron chi connectivity index (χ2n) is 13.5. The number of rotatable bonds is 10. The summed E-state index contributed by atoms with van der Waals surface area (Å²) < 4.78 is 12.3. The monoisotopic (exact) mass is 606 g/mol. The Morgan fingerprint density at radius 1 is 0.727 bits per heavy atom. The van der Waals surface area contributed by atoms with Crippen LogP contribution in [0.4, 0.5) is 0 Å². The van der Waals surface area contributed by atoms with Crippen LogP contribution in [-0.2, 0) is 19.1 Å². The summed E-state index contributed by atoms with van der Waals surface area (Å²) in [6.07, 6.45) is 9.50. The van der Waals surface area contributed by atoms with Crippen LogP contribution in [0.2, 0.25) is 0 Å². The van der Waals surface area contributed by atoms with Crippen molar-refractivity contribution in [3.05, 3.63) is 71.8 Å². The number of phenols is 2. The van der Waals surface area contributed by atoms with E-state index in [0.717, 1.165) is 49.7 Å². The van der Waals surface area contributed by atoms with Crippen molar-refractivity contribution in [1.29, 1.82) is 0 Å². The molecule has 2 saturated carbocycles.